The third-order valence-corrected chi connectivity index (χ3v) is 16.4. The predicted octanol–water partition coefficient (Wildman–Crippen LogP) is -13.0. The summed E-state index contributed by atoms with van der Waals surface area (Å²) in [4.78, 5) is 0. The second-order valence-electron chi connectivity index (χ2n) is 21.5. The van der Waals surface area contributed by atoms with E-state index in [0.717, 1.165) is 0 Å². The van der Waals surface area contributed by atoms with Crippen molar-refractivity contribution in [3.63, 3.8) is 0 Å². The van der Waals surface area contributed by atoms with E-state index in [-0.39, 0.29) is 0 Å². The van der Waals surface area contributed by atoms with Gasteiger partial charge in [0, 0.05) is 5.92 Å². The molecule has 0 aromatic rings. The van der Waals surface area contributed by atoms with Gasteiger partial charge in [-0.3, -0.25) is 0 Å². The van der Waals surface area contributed by atoms with Crippen LogP contribution >= 0.6 is 0 Å². The van der Waals surface area contributed by atoms with Crippen molar-refractivity contribution in [3.8, 4) is 0 Å². The largest absolute Gasteiger partial charge is 0.394 e. The smallest absolute Gasteiger partial charge is 0.187 e. The highest BCUT2D eigenvalue weighted by Gasteiger charge is 2.59. The highest BCUT2D eigenvalue weighted by molar-refractivity contribution is 5.02. The number of rotatable bonds is 7. The summed E-state index contributed by atoms with van der Waals surface area (Å²) in [6, 6.07) is 0. The molecule has 21 N–H and O–H groups in total. The van der Waals surface area contributed by atoms with Crippen molar-refractivity contribution in [1.29, 1.82) is 0 Å². The van der Waals surface area contributed by atoms with Crippen molar-refractivity contribution in [2.24, 2.45) is 5.92 Å². The Bertz CT molecular complexity index is 1530. The van der Waals surface area contributed by atoms with E-state index in [4.69, 9.17) is 61.6 Å². The maximum Gasteiger partial charge on any atom is 0.187 e. The molecular formula is C47H80O34. The summed E-state index contributed by atoms with van der Waals surface area (Å²) in [7, 11) is 0. The molecule has 22 fully saturated rings. The van der Waals surface area contributed by atoms with E-state index in [0.29, 0.717) is 0 Å². The van der Waals surface area contributed by atoms with Gasteiger partial charge < -0.3 is 169 Å². The molecule has 21 heterocycles. The monoisotopic (exact) mass is 1190 g/mol. The third kappa shape index (κ3) is 13.5. The first kappa shape index (κ1) is 65.6. The lowest BCUT2D eigenvalue weighted by Gasteiger charge is -2.50. The number of hydrogen-bond donors (Lipinski definition) is 21. The summed E-state index contributed by atoms with van der Waals surface area (Å²) in [5, 5.41) is 231. The average Bonchev–Trinajstić information content (AvgIpc) is 3.52. The minimum atomic E-state index is -2.20. The van der Waals surface area contributed by atoms with Gasteiger partial charge in [-0.1, -0.05) is 25.7 Å². The van der Waals surface area contributed by atoms with Crippen molar-refractivity contribution in [2.75, 3.05) is 46.2 Å². The zero-order chi connectivity index (χ0) is 58.9. The van der Waals surface area contributed by atoms with Crippen LogP contribution < -0.4 is 0 Å². The van der Waals surface area contributed by atoms with Gasteiger partial charge in [0.05, 0.1) is 64.6 Å². The van der Waals surface area contributed by atoms with E-state index >= 15 is 0 Å². The molecule has 472 valence electrons. The average molecular weight is 1190 g/mol. The minimum Gasteiger partial charge on any atom is -0.394 e. The number of hydrogen-bond acceptors (Lipinski definition) is 34. The number of ether oxygens (including phenoxy) is 13. The molecule has 22 rings (SSSR count). The van der Waals surface area contributed by atoms with Crippen LogP contribution in [-0.4, -0.2) is 362 Å². The van der Waals surface area contributed by atoms with E-state index in [9.17, 15) is 107 Å². The Hall–Kier alpha value is -1.36. The van der Waals surface area contributed by atoms with E-state index in [1.165, 1.54) is 25.7 Å². The third-order valence-electron chi connectivity index (χ3n) is 16.4. The lowest BCUT2D eigenvalue weighted by atomic mass is 9.81. The zero-order valence-corrected chi connectivity index (χ0v) is 43.4. The van der Waals surface area contributed by atoms with Crippen molar-refractivity contribution in [3.05, 3.63) is 0 Å². The number of aliphatic hydroxyl groups excluding tert-OH is 21. The van der Waals surface area contributed by atoms with Crippen LogP contribution in [0.2, 0.25) is 0 Å². The molecule has 0 spiro atoms. The Morgan fingerprint density at radius 2 is 0.407 bits per heavy atom. The van der Waals surface area contributed by atoms with E-state index in [1.807, 2.05) is 0 Å². The zero-order valence-electron chi connectivity index (χ0n) is 43.4. The first-order chi connectivity index (χ1) is 38.7. The molecule has 34 nitrogen and oxygen atoms in total. The van der Waals surface area contributed by atoms with Gasteiger partial charge in [0.25, 0.3) is 0 Å². The van der Waals surface area contributed by atoms with Gasteiger partial charge >= 0.3 is 0 Å². The lowest BCUT2D eigenvalue weighted by Crippen LogP contribution is -2.68. The van der Waals surface area contributed by atoms with Gasteiger partial charge in [-0.05, 0) is 6.42 Å². The Kier molecular flexibility index (Phi) is 23.2. The van der Waals surface area contributed by atoms with Crippen LogP contribution in [0.5, 0.6) is 0 Å². The van der Waals surface area contributed by atoms with E-state index in [2.05, 4.69) is 0 Å². The second kappa shape index (κ2) is 28.6. The van der Waals surface area contributed by atoms with Crippen LogP contribution in [0.25, 0.3) is 0 Å². The Morgan fingerprint density at radius 1 is 0.210 bits per heavy atom. The first-order valence-corrected chi connectivity index (χ1v) is 27.0. The normalized spacial score (nSPS) is 53.8. The van der Waals surface area contributed by atoms with Gasteiger partial charge in [0.15, 0.2) is 37.7 Å². The molecule has 34 heteroatoms. The van der Waals surface area contributed by atoms with Gasteiger partial charge in [-0.25, -0.2) is 0 Å². The molecule has 0 aromatic carbocycles. The Morgan fingerprint density at radius 3 is 0.630 bits per heavy atom. The second-order valence-corrected chi connectivity index (χ2v) is 21.5. The highest BCUT2D eigenvalue weighted by Crippen LogP contribution is 2.40. The molecule has 1 saturated carbocycles. The SMILES string of the molecule is C1CCC1.OCC1O[C@H]2O[C@@H]3C(CO)O[C@@H](O[C@@H]4C(CO)O[C@@H](O[C@@H]5C(CO)O[C@H](O[C@@H]6C(CO)O[C@H](O[C@@H]7C(CO)O[C@H](O[C@@H]8C(CO)O[C@H](C[C@H]1[C@H](O)C2O)C(O)[C@H]8O)C(O)[C@H]7O)C(O)[C@H]6O)C(O)[C@H]5O)C(O)[C@H]4O)C(O)[C@H]3O. The summed E-state index contributed by atoms with van der Waals surface area (Å²) in [5.74, 6) is -1.38. The van der Waals surface area contributed by atoms with Crippen molar-refractivity contribution >= 4 is 0 Å². The van der Waals surface area contributed by atoms with Gasteiger partial charge in [0.2, 0.25) is 0 Å². The van der Waals surface area contributed by atoms with Crippen LogP contribution in [0.4, 0.5) is 0 Å². The first-order valence-electron chi connectivity index (χ1n) is 27.0. The summed E-state index contributed by atoms with van der Waals surface area (Å²) in [5.41, 5.74) is 0. The summed E-state index contributed by atoms with van der Waals surface area (Å²) >= 11 is 0. The maximum atomic E-state index is 11.4. The maximum absolute atomic E-state index is 11.4. The minimum absolute atomic E-state index is 0.542. The molecule has 14 bridgehead atoms. The van der Waals surface area contributed by atoms with Crippen LogP contribution in [0.15, 0.2) is 0 Å². The molecular weight excluding hydrogens is 1110 g/mol. The summed E-state index contributed by atoms with van der Waals surface area (Å²) in [6.07, 6.45) is -60.8. The fraction of sp³-hybridized carbons (Fsp3) is 1.00. The molecule has 14 unspecified atom stereocenters. The molecule has 21 aliphatic heterocycles. The summed E-state index contributed by atoms with van der Waals surface area (Å²) in [6.45, 7) is -7.05. The standard InChI is InChI=1S/C43H72O34.C4H8/c44-2-11-9-1-10-19(52)20(53)32(12(3-45)65-10)72-39-27(60)22(55)34(14(5-47)67-39)74-41-29(62)24(57)36(16(7-49)69-41)76-43-31(64)25(58)37(17(8-50)71-43)77-42-30(63)23(56)35(15(6-48)70-42)75-40-28(61)21(54)33(13(4-46)68-40)73-38(66-11)26(59)18(9)51;1-2-4-3-1/h9-64H,1-8H2;1-4H2/t9-,10-,11?,12?,13?,14?,15?,16?,17?,18+,19?,20-,21-,22-,23-,24-,25-,26?,27?,28?,29?,30?,31?,32-,33-,34-,35-,36-,37-,38+,39-,40+,41-,42+,43-;/m1./s1. The molecule has 0 radical (unpaired) electrons. The Labute approximate surface area is 461 Å². The predicted molar refractivity (Wildman–Crippen MR) is 250 cm³/mol. The Balaban J connectivity index is 0.00000206. The van der Waals surface area contributed by atoms with Crippen molar-refractivity contribution in [2.45, 2.75) is 241 Å². The quantitative estimate of drug-likeness (QED) is 0.113. The summed E-state index contributed by atoms with van der Waals surface area (Å²) < 4.78 is 74.3. The van der Waals surface area contributed by atoms with Crippen LogP contribution in [-0.2, 0) is 61.6 Å². The topological polar surface area (TPSA) is 545 Å². The lowest BCUT2D eigenvalue weighted by molar-refractivity contribution is -0.396. The van der Waals surface area contributed by atoms with Gasteiger partial charge in [0.1, 0.15) is 153 Å². The molecule has 22 aliphatic rings. The fourth-order valence-corrected chi connectivity index (χ4v) is 11.2. The molecule has 0 aromatic heterocycles. The fourth-order valence-electron chi connectivity index (χ4n) is 11.2. The van der Waals surface area contributed by atoms with E-state index in [1.54, 1.807) is 0 Å². The molecule has 0 amide bonds. The molecule has 81 heavy (non-hydrogen) atoms. The van der Waals surface area contributed by atoms with E-state index < -0.39 is 267 Å². The number of aliphatic hydroxyl groups is 21. The van der Waals surface area contributed by atoms with Crippen molar-refractivity contribution in [1.82, 2.24) is 0 Å². The van der Waals surface area contributed by atoms with Gasteiger partial charge in [-0.15, -0.1) is 0 Å². The van der Waals surface area contributed by atoms with Crippen LogP contribution in [0.3, 0.4) is 0 Å². The molecule has 21 saturated heterocycles. The molecule has 1 aliphatic carbocycles. The van der Waals surface area contributed by atoms with Gasteiger partial charge in [-0.2, -0.15) is 0 Å². The van der Waals surface area contributed by atoms with Crippen molar-refractivity contribution < 1.29 is 169 Å². The van der Waals surface area contributed by atoms with Crippen LogP contribution in [0, 0.1) is 5.92 Å². The highest BCUT2D eigenvalue weighted by atomic mass is 16.8. The molecule has 35 atom stereocenters. The van der Waals surface area contributed by atoms with Crippen LogP contribution in [0.1, 0.15) is 32.1 Å².